The second-order valence-corrected chi connectivity index (χ2v) is 3.62. The van der Waals surface area contributed by atoms with Gasteiger partial charge in [-0.1, -0.05) is 37.6 Å². The third kappa shape index (κ3) is 3.89. The van der Waals surface area contributed by atoms with Crippen molar-refractivity contribution in [3.05, 3.63) is 48.0 Å². The topological polar surface area (TPSA) is 26.3 Å². The van der Waals surface area contributed by atoms with Gasteiger partial charge in [-0.2, -0.15) is 0 Å². The minimum Gasteiger partial charge on any atom is -0.455 e. The Morgan fingerprint density at radius 3 is 2.62 bits per heavy atom. The SMILES string of the molecule is C/C=C/[C@@H](CCC)OC(=O)c1ccccc1. The predicted molar refractivity (Wildman–Crippen MR) is 65.4 cm³/mol. The van der Waals surface area contributed by atoms with E-state index < -0.39 is 0 Å². The second kappa shape index (κ2) is 6.83. The number of carbonyl (C=O) groups excluding carboxylic acids is 1. The van der Waals surface area contributed by atoms with Gasteiger partial charge in [-0.15, -0.1) is 0 Å². The van der Waals surface area contributed by atoms with Crippen molar-refractivity contribution < 1.29 is 9.53 Å². The third-order valence-electron chi connectivity index (χ3n) is 2.25. The molecule has 0 aliphatic rings. The molecule has 1 aromatic rings. The Labute approximate surface area is 96.9 Å². The number of allylic oxidation sites excluding steroid dienone is 1. The van der Waals surface area contributed by atoms with Gasteiger partial charge in [-0.25, -0.2) is 4.79 Å². The van der Waals surface area contributed by atoms with E-state index in [0.29, 0.717) is 5.56 Å². The van der Waals surface area contributed by atoms with Gasteiger partial charge in [0, 0.05) is 0 Å². The first-order chi connectivity index (χ1) is 7.77. The number of ether oxygens (including phenoxy) is 1. The van der Waals surface area contributed by atoms with E-state index in [9.17, 15) is 4.79 Å². The molecule has 0 fully saturated rings. The zero-order chi connectivity index (χ0) is 11.8. The van der Waals surface area contributed by atoms with Crippen LogP contribution in [0.4, 0.5) is 0 Å². The van der Waals surface area contributed by atoms with Gasteiger partial charge in [0.15, 0.2) is 0 Å². The van der Waals surface area contributed by atoms with Crippen LogP contribution in [0.3, 0.4) is 0 Å². The van der Waals surface area contributed by atoms with Crippen molar-refractivity contribution in [2.45, 2.75) is 32.8 Å². The summed E-state index contributed by atoms with van der Waals surface area (Å²) in [7, 11) is 0. The number of carbonyl (C=O) groups is 1. The van der Waals surface area contributed by atoms with Crippen LogP contribution in [0.2, 0.25) is 0 Å². The van der Waals surface area contributed by atoms with Crippen LogP contribution >= 0.6 is 0 Å². The first kappa shape index (κ1) is 12.5. The van der Waals surface area contributed by atoms with Crippen molar-refractivity contribution in [2.75, 3.05) is 0 Å². The molecule has 0 N–H and O–H groups in total. The van der Waals surface area contributed by atoms with E-state index in [1.807, 2.05) is 37.3 Å². The molecule has 0 aromatic heterocycles. The lowest BCUT2D eigenvalue weighted by Crippen LogP contribution is -2.15. The summed E-state index contributed by atoms with van der Waals surface area (Å²) in [4.78, 5) is 11.7. The summed E-state index contributed by atoms with van der Waals surface area (Å²) in [6, 6.07) is 9.08. The Kier molecular flexibility index (Phi) is 5.34. The Balaban J connectivity index is 2.61. The van der Waals surface area contributed by atoms with Gasteiger partial charge in [0.1, 0.15) is 6.10 Å². The molecule has 1 rings (SSSR count). The first-order valence-corrected chi connectivity index (χ1v) is 5.66. The molecule has 0 bridgehead atoms. The number of hydrogen-bond acceptors (Lipinski definition) is 2. The number of hydrogen-bond donors (Lipinski definition) is 0. The maximum absolute atomic E-state index is 11.7. The fourth-order valence-corrected chi connectivity index (χ4v) is 1.47. The molecule has 1 atom stereocenters. The fraction of sp³-hybridized carbons (Fsp3) is 0.357. The lowest BCUT2D eigenvalue weighted by Gasteiger charge is -2.13. The molecule has 86 valence electrons. The lowest BCUT2D eigenvalue weighted by molar-refractivity contribution is 0.0379. The summed E-state index contributed by atoms with van der Waals surface area (Å²) in [6.45, 7) is 4.01. The predicted octanol–water partition coefficient (Wildman–Crippen LogP) is 3.59. The quantitative estimate of drug-likeness (QED) is 0.557. The van der Waals surface area contributed by atoms with Gasteiger partial charge in [0.05, 0.1) is 5.56 Å². The minimum absolute atomic E-state index is 0.109. The summed E-state index contributed by atoms with van der Waals surface area (Å²) in [6.07, 6.45) is 5.59. The molecule has 0 saturated carbocycles. The summed E-state index contributed by atoms with van der Waals surface area (Å²) in [5.41, 5.74) is 0.605. The summed E-state index contributed by atoms with van der Waals surface area (Å²) in [5.74, 6) is -0.253. The van der Waals surface area contributed by atoms with Crippen molar-refractivity contribution in [1.29, 1.82) is 0 Å². The van der Waals surface area contributed by atoms with Crippen LogP contribution in [0.5, 0.6) is 0 Å². The minimum atomic E-state index is -0.253. The van der Waals surface area contributed by atoms with Crippen molar-refractivity contribution in [3.63, 3.8) is 0 Å². The van der Waals surface area contributed by atoms with Crippen molar-refractivity contribution >= 4 is 5.97 Å². The van der Waals surface area contributed by atoms with E-state index in [0.717, 1.165) is 12.8 Å². The summed E-state index contributed by atoms with van der Waals surface area (Å²) in [5, 5.41) is 0. The average molecular weight is 218 g/mol. The summed E-state index contributed by atoms with van der Waals surface area (Å²) < 4.78 is 5.39. The van der Waals surface area contributed by atoms with Crippen LogP contribution in [-0.2, 0) is 4.74 Å². The molecular weight excluding hydrogens is 200 g/mol. The summed E-state index contributed by atoms with van der Waals surface area (Å²) >= 11 is 0. The molecule has 0 aliphatic carbocycles. The van der Waals surface area contributed by atoms with Crippen molar-refractivity contribution in [2.24, 2.45) is 0 Å². The van der Waals surface area contributed by atoms with E-state index in [1.54, 1.807) is 12.1 Å². The third-order valence-corrected chi connectivity index (χ3v) is 2.25. The molecule has 0 saturated heterocycles. The van der Waals surface area contributed by atoms with E-state index in [4.69, 9.17) is 4.74 Å². The normalized spacial score (nSPS) is 12.6. The smallest absolute Gasteiger partial charge is 0.338 e. The molecule has 1 aromatic carbocycles. The van der Waals surface area contributed by atoms with Gasteiger partial charge >= 0.3 is 5.97 Å². The molecule has 0 aliphatic heterocycles. The van der Waals surface area contributed by atoms with Crippen LogP contribution < -0.4 is 0 Å². The highest BCUT2D eigenvalue weighted by atomic mass is 16.5. The first-order valence-electron chi connectivity index (χ1n) is 5.66. The Morgan fingerprint density at radius 2 is 2.06 bits per heavy atom. The second-order valence-electron chi connectivity index (χ2n) is 3.62. The van der Waals surface area contributed by atoms with Crippen LogP contribution in [0, 0.1) is 0 Å². The zero-order valence-electron chi connectivity index (χ0n) is 9.85. The van der Waals surface area contributed by atoms with E-state index in [1.165, 1.54) is 0 Å². The van der Waals surface area contributed by atoms with E-state index in [-0.39, 0.29) is 12.1 Å². The molecule has 2 heteroatoms. The standard InChI is InChI=1S/C14H18O2/c1-3-8-13(9-4-2)16-14(15)12-10-6-5-7-11-12/h3,5-8,10-11,13H,4,9H2,1-2H3/b8-3+/t13-/m0/s1. The van der Waals surface area contributed by atoms with Crippen LogP contribution in [0.1, 0.15) is 37.0 Å². The molecule has 0 unspecified atom stereocenters. The maximum Gasteiger partial charge on any atom is 0.338 e. The number of esters is 1. The lowest BCUT2D eigenvalue weighted by atomic mass is 10.2. The van der Waals surface area contributed by atoms with Gasteiger partial charge in [0.25, 0.3) is 0 Å². The van der Waals surface area contributed by atoms with Crippen molar-refractivity contribution in [3.8, 4) is 0 Å². The largest absolute Gasteiger partial charge is 0.455 e. The van der Waals surface area contributed by atoms with E-state index in [2.05, 4.69) is 6.92 Å². The van der Waals surface area contributed by atoms with Crippen LogP contribution in [0.15, 0.2) is 42.5 Å². The molecule has 0 radical (unpaired) electrons. The molecule has 0 heterocycles. The number of rotatable bonds is 5. The average Bonchev–Trinajstić information content (AvgIpc) is 2.31. The Morgan fingerprint density at radius 1 is 1.38 bits per heavy atom. The van der Waals surface area contributed by atoms with Gasteiger partial charge in [0.2, 0.25) is 0 Å². The van der Waals surface area contributed by atoms with Crippen LogP contribution in [0.25, 0.3) is 0 Å². The fourth-order valence-electron chi connectivity index (χ4n) is 1.47. The Hall–Kier alpha value is -1.57. The maximum atomic E-state index is 11.7. The highest BCUT2D eigenvalue weighted by Gasteiger charge is 2.11. The van der Waals surface area contributed by atoms with Crippen LogP contribution in [-0.4, -0.2) is 12.1 Å². The molecule has 2 nitrogen and oxygen atoms in total. The highest BCUT2D eigenvalue weighted by molar-refractivity contribution is 5.89. The molecular formula is C14H18O2. The highest BCUT2D eigenvalue weighted by Crippen LogP contribution is 2.09. The van der Waals surface area contributed by atoms with Gasteiger partial charge in [-0.05, 0) is 31.6 Å². The number of benzene rings is 1. The van der Waals surface area contributed by atoms with Gasteiger partial charge < -0.3 is 4.74 Å². The monoisotopic (exact) mass is 218 g/mol. The molecule has 0 amide bonds. The zero-order valence-corrected chi connectivity index (χ0v) is 9.85. The molecule has 0 spiro atoms. The van der Waals surface area contributed by atoms with Gasteiger partial charge in [-0.3, -0.25) is 0 Å². The van der Waals surface area contributed by atoms with Crippen molar-refractivity contribution in [1.82, 2.24) is 0 Å². The Bertz CT molecular complexity index is 341. The molecule has 16 heavy (non-hydrogen) atoms. The van der Waals surface area contributed by atoms with E-state index >= 15 is 0 Å².